The quantitative estimate of drug-likeness (QED) is 0.0737. The van der Waals surface area contributed by atoms with Crippen molar-refractivity contribution >= 4 is 5.97 Å². The van der Waals surface area contributed by atoms with Crippen LogP contribution in [0.5, 0.6) is 0 Å². The maximum atomic E-state index is 13.7. The number of esters is 1. The molecule has 0 N–H and O–H groups in total. The summed E-state index contributed by atoms with van der Waals surface area (Å²) in [5, 5.41) is 0. The Morgan fingerprint density at radius 1 is 0.422 bits per heavy atom. The second kappa shape index (κ2) is 11.3. The fraction of sp³-hybridized carbons (Fsp3) is 0.824. The van der Waals surface area contributed by atoms with Crippen molar-refractivity contribution in [1.29, 1.82) is 0 Å². The van der Waals surface area contributed by atoms with E-state index in [2.05, 4.69) is 16.1 Å². The van der Waals surface area contributed by atoms with Crippen molar-refractivity contribution in [2.24, 2.45) is 0 Å². The van der Waals surface area contributed by atoms with Gasteiger partial charge in [-0.25, -0.2) is 4.79 Å². The first-order valence-corrected chi connectivity index (χ1v) is 9.86. The first kappa shape index (κ1) is 42.4. The number of halogens is 25. The van der Waals surface area contributed by atoms with Crippen molar-refractivity contribution < 1.29 is 124 Å². The van der Waals surface area contributed by atoms with Crippen molar-refractivity contribution in [2.75, 3.05) is 13.2 Å². The van der Waals surface area contributed by atoms with E-state index in [0.717, 1.165) is 0 Å². The fourth-order valence-corrected chi connectivity index (χ4v) is 2.40. The summed E-state index contributed by atoms with van der Waals surface area (Å²) in [6, 6.07) is 0. The SMILES string of the molecule is C=CC(=O)OCCOC(F)(F)C(F)(F)C(F)(F)C(F)(F)C(F)(F)C(F)(F)C(F)(F)C(F)(F)C(F)(F)C(F)(F)C(F)(F)C(F)(F)F. The first-order valence-electron chi connectivity index (χ1n) is 9.86. The summed E-state index contributed by atoms with van der Waals surface area (Å²) in [5.41, 5.74) is 0. The van der Waals surface area contributed by atoms with E-state index in [1.165, 1.54) is 0 Å². The van der Waals surface area contributed by atoms with Crippen LogP contribution in [-0.4, -0.2) is 90.7 Å². The molecule has 0 spiro atoms. The molecule has 0 rings (SSSR count). The van der Waals surface area contributed by atoms with Gasteiger partial charge in [0.2, 0.25) is 0 Å². The van der Waals surface area contributed by atoms with Gasteiger partial charge >= 0.3 is 77.5 Å². The predicted molar refractivity (Wildman–Crippen MR) is 87.6 cm³/mol. The van der Waals surface area contributed by atoms with E-state index in [1.54, 1.807) is 0 Å². The summed E-state index contributed by atoms with van der Waals surface area (Å²) in [7, 11) is 0. The zero-order chi connectivity index (χ0) is 37.1. The summed E-state index contributed by atoms with van der Waals surface area (Å²) >= 11 is 0. The van der Waals surface area contributed by atoms with Gasteiger partial charge in [0.1, 0.15) is 6.61 Å². The third kappa shape index (κ3) is 5.68. The minimum Gasteiger partial charge on any atom is -0.460 e. The predicted octanol–water partition coefficient (Wildman–Crippen LogP) is 8.24. The van der Waals surface area contributed by atoms with E-state index in [0.29, 0.717) is 0 Å². The molecule has 0 aliphatic heterocycles. The monoisotopic (exact) mass is 734 g/mol. The molecule has 45 heavy (non-hydrogen) atoms. The zero-order valence-corrected chi connectivity index (χ0v) is 19.9. The van der Waals surface area contributed by atoms with Gasteiger partial charge in [-0.1, -0.05) is 6.58 Å². The Hall–Kier alpha value is -2.58. The van der Waals surface area contributed by atoms with Crippen LogP contribution >= 0.6 is 0 Å². The fourth-order valence-electron chi connectivity index (χ4n) is 2.40. The van der Waals surface area contributed by atoms with Gasteiger partial charge in [0.05, 0.1) is 6.61 Å². The van der Waals surface area contributed by atoms with E-state index in [1.807, 2.05) is 0 Å². The molecule has 0 fully saturated rings. The van der Waals surface area contributed by atoms with Crippen LogP contribution in [0.2, 0.25) is 0 Å². The van der Waals surface area contributed by atoms with E-state index in [4.69, 9.17) is 0 Å². The Morgan fingerprint density at radius 3 is 0.911 bits per heavy atom. The van der Waals surface area contributed by atoms with Gasteiger partial charge in [-0.2, -0.15) is 110 Å². The van der Waals surface area contributed by atoms with Crippen molar-refractivity contribution in [3.05, 3.63) is 12.7 Å². The van der Waals surface area contributed by atoms with Crippen LogP contribution in [0.3, 0.4) is 0 Å². The van der Waals surface area contributed by atoms with Crippen molar-refractivity contribution in [3.63, 3.8) is 0 Å². The second-order valence-electron chi connectivity index (χ2n) is 7.98. The highest BCUT2D eigenvalue weighted by Crippen LogP contribution is 2.67. The Balaban J connectivity index is 7.04. The lowest BCUT2D eigenvalue weighted by atomic mass is 9.85. The molecule has 0 radical (unpaired) electrons. The number of hydrogen-bond donors (Lipinski definition) is 0. The van der Waals surface area contributed by atoms with Gasteiger partial charge in [0, 0.05) is 6.08 Å². The van der Waals surface area contributed by atoms with Crippen molar-refractivity contribution in [3.8, 4) is 0 Å². The van der Waals surface area contributed by atoms with Crippen LogP contribution in [0, 0.1) is 0 Å². The third-order valence-corrected chi connectivity index (χ3v) is 5.05. The van der Waals surface area contributed by atoms with E-state index in [9.17, 15) is 115 Å². The molecule has 0 aliphatic carbocycles. The molecular formula is C17H7F25O3. The smallest absolute Gasteiger partial charge is 0.460 e. The lowest BCUT2D eigenvalue weighted by Crippen LogP contribution is -2.78. The zero-order valence-electron chi connectivity index (χ0n) is 19.9. The molecular weight excluding hydrogens is 727 g/mol. The van der Waals surface area contributed by atoms with E-state index >= 15 is 0 Å². The Kier molecular flexibility index (Phi) is 10.6. The van der Waals surface area contributed by atoms with Crippen LogP contribution in [-0.2, 0) is 14.3 Å². The molecule has 0 aromatic heterocycles. The van der Waals surface area contributed by atoms with Crippen LogP contribution in [0.1, 0.15) is 0 Å². The van der Waals surface area contributed by atoms with Gasteiger partial charge in [-0.05, 0) is 0 Å². The highest BCUT2D eigenvalue weighted by Gasteiger charge is 2.99. The maximum Gasteiger partial charge on any atom is 0.460 e. The Labute approximate surface area is 228 Å². The van der Waals surface area contributed by atoms with Crippen molar-refractivity contribution in [1.82, 2.24) is 0 Å². The van der Waals surface area contributed by atoms with Crippen LogP contribution < -0.4 is 0 Å². The van der Waals surface area contributed by atoms with Crippen LogP contribution in [0.15, 0.2) is 12.7 Å². The number of alkyl halides is 25. The molecule has 0 unspecified atom stereocenters. The molecule has 0 aromatic rings. The molecule has 28 heteroatoms. The third-order valence-electron chi connectivity index (χ3n) is 5.05. The lowest BCUT2D eigenvalue weighted by Gasteiger charge is -2.45. The van der Waals surface area contributed by atoms with E-state index in [-0.39, 0.29) is 6.08 Å². The van der Waals surface area contributed by atoms with Gasteiger partial charge in [-0.15, -0.1) is 0 Å². The summed E-state index contributed by atoms with van der Waals surface area (Å²) in [6.07, 6.45) is -15.4. The topological polar surface area (TPSA) is 35.5 Å². The minimum atomic E-state index is -9.65. The number of rotatable bonds is 15. The number of carbonyl (C=O) groups is 1. The average molecular weight is 734 g/mol. The molecule has 3 nitrogen and oxygen atoms in total. The number of hydrogen-bond acceptors (Lipinski definition) is 3. The number of carbonyl (C=O) groups excluding carboxylic acids is 1. The van der Waals surface area contributed by atoms with E-state index < -0.39 is 90.7 Å². The molecule has 0 aliphatic rings. The van der Waals surface area contributed by atoms with Gasteiger partial charge in [0.25, 0.3) is 0 Å². The Bertz CT molecular complexity index is 1090. The summed E-state index contributed by atoms with van der Waals surface area (Å²) in [6.45, 7) is -1.40. The summed E-state index contributed by atoms with van der Waals surface area (Å²) in [5.74, 6) is -94.0. The Morgan fingerprint density at radius 2 is 0.667 bits per heavy atom. The molecule has 0 atom stereocenters. The molecule has 0 saturated heterocycles. The van der Waals surface area contributed by atoms with Crippen molar-refractivity contribution in [2.45, 2.75) is 71.5 Å². The summed E-state index contributed by atoms with van der Waals surface area (Å²) in [4.78, 5) is 10.6. The minimum absolute atomic E-state index is 0.196. The first-order chi connectivity index (χ1) is 19.2. The normalized spacial score (nSPS) is 16.1. The second-order valence-corrected chi connectivity index (χ2v) is 7.98. The molecule has 268 valence electrons. The van der Waals surface area contributed by atoms with Gasteiger partial charge < -0.3 is 9.47 Å². The molecule has 0 heterocycles. The molecule has 0 bridgehead atoms. The molecule has 0 aromatic carbocycles. The molecule has 0 amide bonds. The average Bonchev–Trinajstić information content (AvgIpc) is 2.84. The van der Waals surface area contributed by atoms with Crippen LogP contribution in [0.4, 0.5) is 110 Å². The number of ether oxygens (including phenoxy) is 2. The lowest BCUT2D eigenvalue weighted by molar-refractivity contribution is -0.489. The highest BCUT2D eigenvalue weighted by atomic mass is 19.4. The molecule has 0 saturated carbocycles. The summed E-state index contributed by atoms with van der Waals surface area (Å²) < 4.78 is 339. The largest absolute Gasteiger partial charge is 0.460 e. The highest BCUT2D eigenvalue weighted by molar-refractivity contribution is 5.81. The maximum absolute atomic E-state index is 13.7. The standard InChI is InChI=1S/C17H7F25O3/c1-2-5(43)44-3-4-45-17(41,42)15(36,37)13(32,33)11(28,29)9(24,25)7(20,21)6(18,19)8(22,23)10(26,27)12(30,31)14(34,35)16(38,39)40/h2H,1,3-4H2. The van der Waals surface area contributed by atoms with Gasteiger partial charge in [-0.3, -0.25) is 0 Å². The van der Waals surface area contributed by atoms with Crippen LogP contribution in [0.25, 0.3) is 0 Å². The van der Waals surface area contributed by atoms with Gasteiger partial charge in [0.15, 0.2) is 0 Å².